The zero-order valence-corrected chi connectivity index (χ0v) is 10.7. The van der Waals surface area contributed by atoms with E-state index in [0.29, 0.717) is 6.04 Å². The van der Waals surface area contributed by atoms with Gasteiger partial charge in [0, 0.05) is 30.4 Å². The van der Waals surface area contributed by atoms with Gasteiger partial charge in [0.15, 0.2) is 0 Å². The molecule has 1 unspecified atom stereocenters. The maximum absolute atomic E-state index is 13.8. The van der Waals surface area contributed by atoms with Crippen LogP contribution in [-0.4, -0.2) is 20.1 Å². The van der Waals surface area contributed by atoms with E-state index in [4.69, 9.17) is 0 Å². The maximum Gasteiger partial charge on any atom is 0.130 e. The topological polar surface area (TPSA) is 15.3 Å². The van der Waals surface area contributed by atoms with Crippen molar-refractivity contribution in [2.24, 2.45) is 0 Å². The summed E-state index contributed by atoms with van der Waals surface area (Å²) in [7, 11) is 3.83. The van der Waals surface area contributed by atoms with E-state index in [1.807, 2.05) is 27.1 Å². The molecule has 16 heavy (non-hydrogen) atoms. The van der Waals surface area contributed by atoms with Crippen LogP contribution in [0, 0.1) is 5.82 Å². The lowest BCUT2D eigenvalue weighted by molar-refractivity contribution is 0.559. The zero-order valence-electron chi connectivity index (χ0n) is 10.7. The van der Waals surface area contributed by atoms with Crippen molar-refractivity contribution in [3.63, 3.8) is 0 Å². The lowest BCUT2D eigenvalue weighted by Crippen LogP contribution is -2.28. The van der Waals surface area contributed by atoms with Crippen LogP contribution in [-0.2, 0) is 0 Å². The fourth-order valence-electron chi connectivity index (χ4n) is 1.68. The molecule has 0 aliphatic carbocycles. The summed E-state index contributed by atoms with van der Waals surface area (Å²) in [6.45, 7) is 6.16. The Kier molecular flexibility index (Phi) is 4.30. The molecule has 1 aromatic rings. The molecule has 0 fully saturated rings. The Bertz CT molecular complexity index is 350. The summed E-state index contributed by atoms with van der Waals surface area (Å²) in [4.78, 5) is 2.09. The molecule has 2 nitrogen and oxygen atoms in total. The van der Waals surface area contributed by atoms with Crippen molar-refractivity contribution in [2.75, 3.05) is 19.0 Å². The van der Waals surface area contributed by atoms with Gasteiger partial charge in [-0.2, -0.15) is 0 Å². The van der Waals surface area contributed by atoms with Crippen LogP contribution in [0.1, 0.15) is 32.4 Å². The SMILES string of the molecule is CNC(C)c1c(F)cccc1N(C)C(C)C. The highest BCUT2D eigenvalue weighted by Crippen LogP contribution is 2.29. The van der Waals surface area contributed by atoms with Gasteiger partial charge in [0.1, 0.15) is 5.82 Å². The highest BCUT2D eigenvalue weighted by atomic mass is 19.1. The molecule has 1 rings (SSSR count). The Morgan fingerprint density at radius 3 is 2.38 bits per heavy atom. The minimum absolute atomic E-state index is 0.0115. The molecular weight excluding hydrogens is 203 g/mol. The van der Waals surface area contributed by atoms with Gasteiger partial charge >= 0.3 is 0 Å². The summed E-state index contributed by atoms with van der Waals surface area (Å²) in [6, 6.07) is 5.60. The molecule has 0 spiro atoms. The maximum atomic E-state index is 13.8. The Labute approximate surface area is 97.5 Å². The van der Waals surface area contributed by atoms with Gasteiger partial charge in [0.25, 0.3) is 0 Å². The normalized spacial score (nSPS) is 12.9. The predicted octanol–water partition coefficient (Wildman–Crippen LogP) is 2.95. The van der Waals surface area contributed by atoms with Gasteiger partial charge in [-0.25, -0.2) is 4.39 Å². The van der Waals surface area contributed by atoms with E-state index >= 15 is 0 Å². The van der Waals surface area contributed by atoms with Crippen LogP contribution in [0.5, 0.6) is 0 Å². The molecule has 0 bridgehead atoms. The van der Waals surface area contributed by atoms with Gasteiger partial charge in [-0.1, -0.05) is 6.07 Å². The molecule has 0 aliphatic rings. The first-order valence-corrected chi connectivity index (χ1v) is 5.67. The fraction of sp³-hybridized carbons (Fsp3) is 0.538. The molecule has 0 aliphatic heterocycles. The molecule has 0 amide bonds. The van der Waals surface area contributed by atoms with Crippen LogP contribution in [0.2, 0.25) is 0 Å². The third-order valence-corrected chi connectivity index (χ3v) is 3.05. The molecule has 0 saturated carbocycles. The van der Waals surface area contributed by atoms with Crippen molar-refractivity contribution in [1.82, 2.24) is 5.32 Å². The molecule has 1 aromatic carbocycles. The summed E-state index contributed by atoms with van der Waals surface area (Å²) < 4.78 is 13.8. The number of hydrogen-bond donors (Lipinski definition) is 1. The summed E-state index contributed by atoms with van der Waals surface area (Å²) in [5.74, 6) is -0.146. The van der Waals surface area contributed by atoms with Crippen LogP contribution in [0.15, 0.2) is 18.2 Å². The summed E-state index contributed by atoms with van der Waals surface area (Å²) in [5, 5.41) is 3.09. The second kappa shape index (κ2) is 5.30. The highest BCUT2D eigenvalue weighted by molar-refractivity contribution is 5.55. The Hall–Kier alpha value is -1.09. The average Bonchev–Trinajstić information content (AvgIpc) is 2.26. The molecule has 1 N–H and O–H groups in total. The van der Waals surface area contributed by atoms with Crippen LogP contribution in [0.25, 0.3) is 0 Å². The second-order valence-corrected chi connectivity index (χ2v) is 4.39. The third kappa shape index (κ3) is 2.53. The highest BCUT2D eigenvalue weighted by Gasteiger charge is 2.17. The molecule has 3 heteroatoms. The molecule has 0 heterocycles. The van der Waals surface area contributed by atoms with Gasteiger partial charge < -0.3 is 10.2 Å². The van der Waals surface area contributed by atoms with Crippen molar-refractivity contribution < 1.29 is 4.39 Å². The average molecular weight is 224 g/mol. The molecule has 0 radical (unpaired) electrons. The number of benzene rings is 1. The van der Waals surface area contributed by atoms with Gasteiger partial charge in [-0.05, 0) is 40.0 Å². The summed E-state index contributed by atoms with van der Waals surface area (Å²) in [6.07, 6.45) is 0. The first-order valence-electron chi connectivity index (χ1n) is 5.67. The number of rotatable bonds is 4. The standard InChI is InChI=1S/C13H21FN2/c1-9(2)16(5)12-8-6-7-11(14)13(12)10(3)15-4/h6-10,15H,1-5H3. The van der Waals surface area contributed by atoms with E-state index < -0.39 is 0 Å². The molecular formula is C13H21FN2. The number of halogens is 1. The van der Waals surface area contributed by atoms with Crippen LogP contribution in [0.4, 0.5) is 10.1 Å². The van der Waals surface area contributed by atoms with E-state index in [0.717, 1.165) is 11.3 Å². The minimum Gasteiger partial charge on any atom is -0.372 e. The Morgan fingerprint density at radius 2 is 1.88 bits per heavy atom. The molecule has 0 aromatic heterocycles. The van der Waals surface area contributed by atoms with E-state index in [2.05, 4.69) is 24.1 Å². The number of nitrogens with zero attached hydrogens (tertiary/aromatic N) is 1. The lowest BCUT2D eigenvalue weighted by atomic mass is 10.0. The van der Waals surface area contributed by atoms with Crippen molar-refractivity contribution >= 4 is 5.69 Å². The number of anilines is 1. The number of hydrogen-bond acceptors (Lipinski definition) is 2. The van der Waals surface area contributed by atoms with Crippen molar-refractivity contribution in [1.29, 1.82) is 0 Å². The second-order valence-electron chi connectivity index (χ2n) is 4.39. The summed E-state index contributed by atoms with van der Waals surface area (Å²) >= 11 is 0. The first kappa shape index (κ1) is 13.0. The van der Waals surface area contributed by atoms with Crippen molar-refractivity contribution in [3.8, 4) is 0 Å². The van der Waals surface area contributed by atoms with Gasteiger partial charge in [-0.15, -0.1) is 0 Å². The van der Waals surface area contributed by atoms with E-state index in [1.165, 1.54) is 6.07 Å². The van der Waals surface area contributed by atoms with Crippen LogP contribution in [0.3, 0.4) is 0 Å². The molecule has 90 valence electrons. The van der Waals surface area contributed by atoms with E-state index in [1.54, 1.807) is 6.07 Å². The Morgan fingerprint density at radius 1 is 1.25 bits per heavy atom. The largest absolute Gasteiger partial charge is 0.372 e. The van der Waals surface area contributed by atoms with Crippen LogP contribution < -0.4 is 10.2 Å². The van der Waals surface area contributed by atoms with Crippen molar-refractivity contribution in [2.45, 2.75) is 32.9 Å². The molecule has 1 atom stereocenters. The quantitative estimate of drug-likeness (QED) is 0.846. The lowest BCUT2D eigenvalue weighted by Gasteiger charge is -2.28. The van der Waals surface area contributed by atoms with Gasteiger partial charge in [0.05, 0.1) is 0 Å². The van der Waals surface area contributed by atoms with E-state index in [9.17, 15) is 4.39 Å². The van der Waals surface area contributed by atoms with Crippen molar-refractivity contribution in [3.05, 3.63) is 29.6 Å². The Balaban J connectivity index is 3.22. The van der Waals surface area contributed by atoms with Gasteiger partial charge in [-0.3, -0.25) is 0 Å². The monoisotopic (exact) mass is 224 g/mol. The minimum atomic E-state index is -0.146. The molecule has 0 saturated heterocycles. The summed E-state index contributed by atoms with van der Waals surface area (Å²) in [5.41, 5.74) is 1.69. The predicted molar refractivity (Wildman–Crippen MR) is 67.4 cm³/mol. The fourth-order valence-corrected chi connectivity index (χ4v) is 1.68. The third-order valence-electron chi connectivity index (χ3n) is 3.05. The smallest absolute Gasteiger partial charge is 0.130 e. The first-order chi connectivity index (χ1) is 7.49. The number of nitrogens with one attached hydrogen (secondary N) is 1. The zero-order chi connectivity index (χ0) is 12.3. The van der Waals surface area contributed by atoms with Gasteiger partial charge in [0.2, 0.25) is 0 Å². The van der Waals surface area contributed by atoms with Crippen LogP contribution >= 0.6 is 0 Å². The van der Waals surface area contributed by atoms with E-state index in [-0.39, 0.29) is 11.9 Å².